The maximum Gasteiger partial charge on any atom is 0.0788 e. The second-order valence-electron chi connectivity index (χ2n) is 3.56. The van der Waals surface area contributed by atoms with Gasteiger partial charge in [-0.25, -0.2) is 0 Å². The van der Waals surface area contributed by atoms with Crippen molar-refractivity contribution in [3.63, 3.8) is 0 Å². The van der Waals surface area contributed by atoms with Crippen LogP contribution in [0.25, 0.3) is 0 Å². The molecule has 4 bridgehead atoms. The van der Waals surface area contributed by atoms with E-state index in [1.54, 1.807) is 0 Å². The lowest BCUT2D eigenvalue weighted by molar-refractivity contribution is 0.405. The Morgan fingerprint density at radius 1 is 1.44 bits per heavy atom. The highest BCUT2D eigenvalue weighted by Gasteiger charge is 2.75. The smallest absolute Gasteiger partial charge is 0.0788 e. The monoisotopic (exact) mass is 120 g/mol. The Morgan fingerprint density at radius 2 is 2.11 bits per heavy atom. The van der Waals surface area contributed by atoms with Crippen LogP contribution in [0.3, 0.4) is 0 Å². The largest absolute Gasteiger partial charge is 0.301 e. The highest BCUT2D eigenvalue weighted by Crippen LogP contribution is 2.68. The van der Waals surface area contributed by atoms with Crippen LogP contribution in [0.1, 0.15) is 0 Å². The molecule has 4 rings (SSSR count). The van der Waals surface area contributed by atoms with Crippen LogP contribution in [0.5, 0.6) is 0 Å². The first kappa shape index (κ1) is 4.29. The molecule has 0 aromatic carbocycles. The lowest BCUT2D eigenvalue weighted by Gasteiger charge is -2.01. The predicted octanol–water partition coefficient (Wildman–Crippen LogP) is 0.0716. The van der Waals surface area contributed by atoms with E-state index in [2.05, 4.69) is 11.0 Å². The van der Waals surface area contributed by atoms with Crippen molar-refractivity contribution in [2.45, 2.75) is 0 Å². The molecule has 1 aliphatic carbocycles. The summed E-state index contributed by atoms with van der Waals surface area (Å²) in [6.45, 7) is 3.52. The Hall–Kier alpha value is -0.550. The minimum absolute atomic E-state index is 0.167. The van der Waals surface area contributed by atoms with Gasteiger partial charge in [-0.3, -0.25) is 0 Å². The van der Waals surface area contributed by atoms with Crippen molar-refractivity contribution in [2.24, 2.45) is 17.3 Å². The van der Waals surface area contributed by atoms with E-state index < -0.39 is 0 Å². The average molecular weight is 120 g/mol. The molecular formula is C7H8N2. The zero-order valence-electron chi connectivity index (χ0n) is 5.17. The van der Waals surface area contributed by atoms with Gasteiger partial charge in [0.25, 0.3) is 0 Å². The van der Waals surface area contributed by atoms with E-state index >= 15 is 0 Å². The molecule has 0 aromatic rings. The van der Waals surface area contributed by atoms with E-state index in [0.717, 1.165) is 18.4 Å². The summed E-state index contributed by atoms with van der Waals surface area (Å²) >= 11 is 0. The van der Waals surface area contributed by atoms with Crippen molar-refractivity contribution in [2.75, 3.05) is 19.6 Å². The van der Waals surface area contributed by atoms with Crippen LogP contribution in [0.2, 0.25) is 0 Å². The van der Waals surface area contributed by atoms with Gasteiger partial charge in [-0.05, 0) is 11.8 Å². The quantitative estimate of drug-likeness (QED) is 0.452. The fourth-order valence-electron chi connectivity index (χ4n) is 2.75. The number of nitriles is 1. The molecule has 3 saturated heterocycles. The highest BCUT2D eigenvalue weighted by molar-refractivity contribution is 5.32. The first-order chi connectivity index (χ1) is 4.37. The molecule has 3 heterocycles. The normalized spacial score (nSPS) is 65.9. The minimum Gasteiger partial charge on any atom is -0.301 e. The maximum absolute atomic E-state index is 8.79. The number of hydrogen-bond acceptors (Lipinski definition) is 2. The predicted molar refractivity (Wildman–Crippen MR) is 31.5 cm³/mol. The molecule has 0 aromatic heterocycles. The van der Waals surface area contributed by atoms with Crippen LogP contribution in [0, 0.1) is 28.6 Å². The lowest BCUT2D eigenvalue weighted by atomic mass is 10.1. The van der Waals surface area contributed by atoms with Crippen molar-refractivity contribution >= 4 is 0 Å². The molecule has 46 valence electrons. The SMILES string of the molecule is N#CC12CN3CC1C2C3. The van der Waals surface area contributed by atoms with Crippen molar-refractivity contribution < 1.29 is 0 Å². The fourth-order valence-corrected chi connectivity index (χ4v) is 2.75. The van der Waals surface area contributed by atoms with Crippen LogP contribution in [-0.4, -0.2) is 24.5 Å². The first-order valence-corrected chi connectivity index (χ1v) is 3.50. The Bertz CT molecular complexity index is 203. The molecule has 0 N–H and O–H groups in total. The van der Waals surface area contributed by atoms with Gasteiger partial charge >= 0.3 is 0 Å². The number of piperidine rings is 3. The molecule has 4 fully saturated rings. The van der Waals surface area contributed by atoms with Crippen molar-refractivity contribution in [3.05, 3.63) is 0 Å². The zero-order chi connectivity index (χ0) is 6.06. The Kier molecular flexibility index (Phi) is 0.434. The Balaban J connectivity index is 2.13. The van der Waals surface area contributed by atoms with Gasteiger partial charge in [-0.15, -0.1) is 0 Å². The van der Waals surface area contributed by atoms with Crippen molar-refractivity contribution in [1.82, 2.24) is 4.90 Å². The van der Waals surface area contributed by atoms with Gasteiger partial charge in [0.15, 0.2) is 0 Å². The molecule has 2 heteroatoms. The van der Waals surface area contributed by atoms with Crippen LogP contribution in [0.4, 0.5) is 0 Å². The van der Waals surface area contributed by atoms with Gasteiger partial charge in [-0.1, -0.05) is 0 Å². The molecule has 2 atom stereocenters. The van der Waals surface area contributed by atoms with Gasteiger partial charge in [0.05, 0.1) is 11.5 Å². The molecule has 9 heavy (non-hydrogen) atoms. The second kappa shape index (κ2) is 0.911. The van der Waals surface area contributed by atoms with Crippen LogP contribution in [0.15, 0.2) is 0 Å². The van der Waals surface area contributed by atoms with Gasteiger partial charge in [0, 0.05) is 19.6 Å². The molecule has 4 aliphatic rings. The lowest BCUT2D eigenvalue weighted by Crippen LogP contribution is -2.13. The van der Waals surface area contributed by atoms with Crippen LogP contribution in [-0.2, 0) is 0 Å². The number of nitrogens with zero attached hydrogens (tertiary/aromatic N) is 2. The summed E-state index contributed by atoms with van der Waals surface area (Å²) in [7, 11) is 0. The maximum atomic E-state index is 8.79. The van der Waals surface area contributed by atoms with Crippen molar-refractivity contribution in [1.29, 1.82) is 5.26 Å². The Morgan fingerprint density at radius 3 is 2.33 bits per heavy atom. The van der Waals surface area contributed by atoms with Crippen LogP contribution >= 0.6 is 0 Å². The zero-order valence-corrected chi connectivity index (χ0v) is 5.17. The van der Waals surface area contributed by atoms with Crippen LogP contribution < -0.4 is 0 Å². The summed E-state index contributed by atoms with van der Waals surface area (Å²) in [4.78, 5) is 2.42. The Labute approximate surface area is 54.1 Å². The summed E-state index contributed by atoms with van der Waals surface area (Å²) in [5.41, 5.74) is 0.167. The number of rotatable bonds is 0. The van der Waals surface area contributed by atoms with Gasteiger partial charge in [-0.2, -0.15) is 5.26 Å². The molecule has 2 unspecified atom stereocenters. The van der Waals surface area contributed by atoms with Gasteiger partial charge in [0.2, 0.25) is 0 Å². The van der Waals surface area contributed by atoms with E-state index in [1.165, 1.54) is 13.1 Å². The third-order valence-electron chi connectivity index (χ3n) is 3.30. The molecule has 0 spiro atoms. The third kappa shape index (κ3) is 0.255. The molecule has 0 amide bonds. The van der Waals surface area contributed by atoms with E-state index in [9.17, 15) is 0 Å². The van der Waals surface area contributed by atoms with E-state index in [-0.39, 0.29) is 5.41 Å². The van der Waals surface area contributed by atoms with Gasteiger partial charge in [0.1, 0.15) is 0 Å². The first-order valence-electron chi connectivity index (χ1n) is 3.50. The molecular weight excluding hydrogens is 112 g/mol. The van der Waals surface area contributed by atoms with E-state index in [4.69, 9.17) is 5.26 Å². The fraction of sp³-hybridized carbons (Fsp3) is 0.857. The summed E-state index contributed by atoms with van der Waals surface area (Å²) in [5, 5.41) is 8.79. The highest BCUT2D eigenvalue weighted by atomic mass is 15.3. The minimum atomic E-state index is 0.167. The second-order valence-corrected chi connectivity index (χ2v) is 3.56. The molecule has 0 radical (unpaired) electrons. The summed E-state index contributed by atoms with van der Waals surface area (Å²) in [6.07, 6.45) is 0. The summed E-state index contributed by atoms with van der Waals surface area (Å²) < 4.78 is 0. The third-order valence-corrected chi connectivity index (χ3v) is 3.30. The topological polar surface area (TPSA) is 27.0 Å². The van der Waals surface area contributed by atoms with E-state index in [0.29, 0.717) is 0 Å². The molecule has 1 saturated carbocycles. The number of hydrogen-bond donors (Lipinski definition) is 0. The van der Waals surface area contributed by atoms with E-state index in [1.807, 2.05) is 0 Å². The van der Waals surface area contributed by atoms with Gasteiger partial charge < -0.3 is 4.90 Å². The molecule has 2 nitrogen and oxygen atoms in total. The van der Waals surface area contributed by atoms with Crippen molar-refractivity contribution in [3.8, 4) is 6.07 Å². The summed E-state index contributed by atoms with van der Waals surface area (Å²) in [6, 6.07) is 2.46. The average Bonchev–Trinajstić information content (AvgIpc) is 2.44. The summed E-state index contributed by atoms with van der Waals surface area (Å²) in [5.74, 6) is 1.56. The molecule has 3 aliphatic heterocycles. The standard InChI is InChI=1S/C7H8N2/c8-3-7-4-9-1-5(7)6(7)2-9/h5-6H,1-2,4H2.